The summed E-state index contributed by atoms with van der Waals surface area (Å²) in [6.45, 7) is 10.3. The summed E-state index contributed by atoms with van der Waals surface area (Å²) in [7, 11) is 0. The molecule has 1 rings (SSSR count). The summed E-state index contributed by atoms with van der Waals surface area (Å²) in [4.78, 5) is 11.5. The standard InChI is InChI=1S/C18H28O4/c1-13(2)10-15(5)16-6-8-17(9-7-16)20-11-18(19)22-12-21-14(3)4/h6-9,13-15H,10-12H2,1-5H3. The van der Waals surface area contributed by atoms with E-state index >= 15 is 0 Å². The summed E-state index contributed by atoms with van der Waals surface area (Å²) in [6, 6.07) is 7.89. The Hall–Kier alpha value is -1.55. The fraction of sp³-hybridized carbons (Fsp3) is 0.611. The van der Waals surface area contributed by atoms with E-state index in [0.29, 0.717) is 17.6 Å². The Bertz CT molecular complexity index is 437. The van der Waals surface area contributed by atoms with Crippen molar-refractivity contribution in [1.29, 1.82) is 0 Å². The maximum Gasteiger partial charge on any atom is 0.346 e. The zero-order valence-corrected chi connectivity index (χ0v) is 14.3. The van der Waals surface area contributed by atoms with Gasteiger partial charge in [-0.15, -0.1) is 0 Å². The Kier molecular flexibility index (Phi) is 7.96. The monoisotopic (exact) mass is 308 g/mol. The van der Waals surface area contributed by atoms with Crippen molar-refractivity contribution in [2.75, 3.05) is 13.4 Å². The van der Waals surface area contributed by atoms with Crippen molar-refractivity contribution < 1.29 is 19.0 Å². The van der Waals surface area contributed by atoms with E-state index in [-0.39, 0.29) is 19.5 Å². The predicted molar refractivity (Wildman–Crippen MR) is 87.0 cm³/mol. The molecule has 1 atom stereocenters. The number of esters is 1. The third-order valence-electron chi connectivity index (χ3n) is 3.25. The van der Waals surface area contributed by atoms with Crippen LogP contribution in [-0.2, 0) is 14.3 Å². The van der Waals surface area contributed by atoms with Crippen molar-refractivity contribution in [2.45, 2.75) is 53.1 Å². The molecule has 0 N–H and O–H groups in total. The van der Waals surface area contributed by atoms with Gasteiger partial charge in [0.25, 0.3) is 0 Å². The largest absolute Gasteiger partial charge is 0.482 e. The first-order valence-corrected chi connectivity index (χ1v) is 7.88. The number of hydrogen-bond acceptors (Lipinski definition) is 4. The van der Waals surface area contributed by atoms with Crippen LogP contribution >= 0.6 is 0 Å². The highest BCUT2D eigenvalue weighted by Gasteiger charge is 2.09. The van der Waals surface area contributed by atoms with Gasteiger partial charge in [0.15, 0.2) is 13.4 Å². The van der Waals surface area contributed by atoms with E-state index in [9.17, 15) is 4.79 Å². The second-order valence-corrected chi connectivity index (χ2v) is 6.24. The molecule has 0 aromatic heterocycles. The van der Waals surface area contributed by atoms with Crippen LogP contribution in [0.3, 0.4) is 0 Å². The van der Waals surface area contributed by atoms with E-state index in [2.05, 4.69) is 32.9 Å². The molecule has 0 spiro atoms. The minimum atomic E-state index is -0.432. The normalized spacial score (nSPS) is 12.5. The molecule has 0 radical (unpaired) electrons. The highest BCUT2D eigenvalue weighted by atomic mass is 16.7. The van der Waals surface area contributed by atoms with Gasteiger partial charge in [-0.25, -0.2) is 4.79 Å². The van der Waals surface area contributed by atoms with Gasteiger partial charge in [0.05, 0.1) is 6.10 Å². The van der Waals surface area contributed by atoms with Crippen molar-refractivity contribution in [3.05, 3.63) is 29.8 Å². The third-order valence-corrected chi connectivity index (χ3v) is 3.25. The zero-order valence-electron chi connectivity index (χ0n) is 14.3. The van der Waals surface area contributed by atoms with Crippen LogP contribution in [0.25, 0.3) is 0 Å². The van der Waals surface area contributed by atoms with Gasteiger partial charge in [-0.05, 0) is 49.8 Å². The fourth-order valence-corrected chi connectivity index (χ4v) is 2.16. The van der Waals surface area contributed by atoms with E-state index in [1.54, 1.807) is 0 Å². The number of carbonyl (C=O) groups is 1. The Balaban J connectivity index is 2.36. The molecule has 1 aromatic rings. The van der Waals surface area contributed by atoms with Gasteiger partial charge in [-0.2, -0.15) is 0 Å². The topological polar surface area (TPSA) is 44.8 Å². The summed E-state index contributed by atoms with van der Waals surface area (Å²) in [6.07, 6.45) is 1.19. The molecule has 124 valence electrons. The fourth-order valence-electron chi connectivity index (χ4n) is 2.16. The average Bonchev–Trinajstić information content (AvgIpc) is 2.44. The van der Waals surface area contributed by atoms with Gasteiger partial charge in [-0.1, -0.05) is 32.9 Å². The first kappa shape index (κ1) is 18.5. The Morgan fingerprint density at radius 3 is 2.23 bits per heavy atom. The van der Waals surface area contributed by atoms with Crippen molar-refractivity contribution in [1.82, 2.24) is 0 Å². The zero-order chi connectivity index (χ0) is 16.5. The first-order chi connectivity index (χ1) is 10.4. The van der Waals surface area contributed by atoms with Gasteiger partial charge in [0.1, 0.15) is 5.75 Å². The lowest BCUT2D eigenvalue weighted by atomic mass is 9.92. The second-order valence-electron chi connectivity index (χ2n) is 6.24. The van der Waals surface area contributed by atoms with Crippen LogP contribution < -0.4 is 4.74 Å². The molecule has 0 saturated heterocycles. The number of hydrogen-bond donors (Lipinski definition) is 0. The third kappa shape index (κ3) is 7.46. The van der Waals surface area contributed by atoms with Crippen molar-refractivity contribution in [3.63, 3.8) is 0 Å². The van der Waals surface area contributed by atoms with E-state index in [4.69, 9.17) is 14.2 Å². The predicted octanol–water partition coefficient (Wildman–Crippen LogP) is 4.14. The van der Waals surface area contributed by atoms with Gasteiger partial charge in [0.2, 0.25) is 0 Å². The van der Waals surface area contributed by atoms with Crippen molar-refractivity contribution in [3.8, 4) is 5.75 Å². The highest BCUT2D eigenvalue weighted by Crippen LogP contribution is 2.24. The summed E-state index contributed by atoms with van der Waals surface area (Å²) in [5.74, 6) is 1.43. The molecule has 0 amide bonds. The van der Waals surface area contributed by atoms with Crippen molar-refractivity contribution >= 4 is 5.97 Å². The first-order valence-electron chi connectivity index (χ1n) is 7.88. The Morgan fingerprint density at radius 2 is 1.68 bits per heavy atom. The van der Waals surface area contributed by atoms with Gasteiger partial charge < -0.3 is 14.2 Å². The molecule has 0 heterocycles. The molecular formula is C18H28O4. The quantitative estimate of drug-likeness (QED) is 0.508. The highest BCUT2D eigenvalue weighted by molar-refractivity contribution is 5.71. The van der Waals surface area contributed by atoms with Gasteiger partial charge >= 0.3 is 5.97 Å². The molecule has 0 aliphatic heterocycles. The molecule has 0 bridgehead atoms. The Morgan fingerprint density at radius 1 is 1.05 bits per heavy atom. The van der Waals surface area contributed by atoms with E-state index < -0.39 is 5.97 Å². The summed E-state index contributed by atoms with van der Waals surface area (Å²) >= 11 is 0. The summed E-state index contributed by atoms with van der Waals surface area (Å²) in [5.41, 5.74) is 1.29. The number of rotatable bonds is 9. The van der Waals surface area contributed by atoms with Gasteiger partial charge in [-0.3, -0.25) is 0 Å². The smallest absolute Gasteiger partial charge is 0.346 e. The Labute approximate surface area is 133 Å². The molecule has 0 saturated carbocycles. The molecular weight excluding hydrogens is 280 g/mol. The van der Waals surface area contributed by atoms with Crippen LogP contribution in [0.1, 0.15) is 52.5 Å². The number of benzene rings is 1. The molecule has 22 heavy (non-hydrogen) atoms. The molecule has 4 nitrogen and oxygen atoms in total. The maximum absolute atomic E-state index is 11.5. The van der Waals surface area contributed by atoms with Crippen LogP contribution in [0, 0.1) is 5.92 Å². The van der Waals surface area contributed by atoms with Crippen LogP contribution in [0.5, 0.6) is 5.75 Å². The minimum Gasteiger partial charge on any atom is -0.482 e. The minimum absolute atomic E-state index is 0.0362. The van der Waals surface area contributed by atoms with Crippen LogP contribution in [0.15, 0.2) is 24.3 Å². The molecule has 1 unspecified atom stereocenters. The lowest BCUT2D eigenvalue weighted by Gasteiger charge is -2.15. The van der Waals surface area contributed by atoms with Crippen LogP contribution in [0.4, 0.5) is 0 Å². The van der Waals surface area contributed by atoms with Crippen molar-refractivity contribution in [2.24, 2.45) is 5.92 Å². The number of carbonyl (C=O) groups excluding carboxylic acids is 1. The summed E-state index contributed by atoms with van der Waals surface area (Å²) < 4.78 is 15.4. The van der Waals surface area contributed by atoms with Crippen LogP contribution in [0.2, 0.25) is 0 Å². The lowest BCUT2D eigenvalue weighted by Crippen LogP contribution is -2.18. The van der Waals surface area contributed by atoms with E-state index in [0.717, 1.165) is 6.42 Å². The lowest BCUT2D eigenvalue weighted by molar-refractivity contribution is -0.161. The summed E-state index contributed by atoms with van der Waals surface area (Å²) in [5, 5.41) is 0. The van der Waals surface area contributed by atoms with E-state index in [1.807, 2.05) is 26.0 Å². The van der Waals surface area contributed by atoms with Gasteiger partial charge in [0, 0.05) is 0 Å². The molecule has 0 aliphatic rings. The molecule has 0 fully saturated rings. The van der Waals surface area contributed by atoms with Crippen LogP contribution in [-0.4, -0.2) is 25.5 Å². The van der Waals surface area contributed by atoms with E-state index in [1.165, 1.54) is 5.56 Å². The SMILES string of the molecule is CC(C)CC(C)c1ccc(OCC(=O)OCOC(C)C)cc1. The molecule has 1 aromatic carbocycles. The number of ether oxygens (including phenoxy) is 3. The average molecular weight is 308 g/mol. The maximum atomic E-state index is 11.5. The molecule has 4 heteroatoms. The molecule has 0 aliphatic carbocycles. The second kappa shape index (κ2) is 9.46.